The summed E-state index contributed by atoms with van der Waals surface area (Å²) >= 11 is 1.60. The van der Waals surface area contributed by atoms with E-state index in [0.717, 1.165) is 35.2 Å². The molecule has 0 aliphatic heterocycles. The van der Waals surface area contributed by atoms with Crippen LogP contribution in [0.2, 0.25) is 0 Å². The van der Waals surface area contributed by atoms with Gasteiger partial charge in [-0.15, -0.1) is 11.3 Å². The summed E-state index contributed by atoms with van der Waals surface area (Å²) in [6.07, 6.45) is 5.92. The lowest BCUT2D eigenvalue weighted by atomic mass is 9.89. The van der Waals surface area contributed by atoms with Crippen molar-refractivity contribution in [3.8, 4) is 11.5 Å². The van der Waals surface area contributed by atoms with Gasteiger partial charge in [-0.3, -0.25) is 14.2 Å². The number of methoxy groups -OCH3 is 1. The van der Waals surface area contributed by atoms with Gasteiger partial charge in [-0.2, -0.15) is 5.10 Å². The summed E-state index contributed by atoms with van der Waals surface area (Å²) in [5.74, 6) is 1.44. The minimum Gasteiger partial charge on any atom is -0.493 e. The Labute approximate surface area is 196 Å². The highest BCUT2D eigenvalue weighted by Crippen LogP contribution is 2.35. The third kappa shape index (κ3) is 5.08. The molecule has 0 saturated carbocycles. The van der Waals surface area contributed by atoms with Gasteiger partial charge < -0.3 is 9.47 Å². The number of hydrogen-bond acceptors (Lipinski definition) is 7. The molecule has 0 spiro atoms. The van der Waals surface area contributed by atoms with Gasteiger partial charge in [-0.05, 0) is 68.4 Å². The number of nitrogens with zero attached hydrogens (tertiary/aromatic N) is 3. The molecular formula is C24H28N4O4S. The topological polar surface area (TPSA) is 94.8 Å². The number of carbonyl (C=O) groups is 1. The predicted octanol–water partition coefficient (Wildman–Crippen LogP) is 3.53. The molecule has 9 heteroatoms. The molecule has 1 aliphatic carbocycles. The van der Waals surface area contributed by atoms with Crippen molar-refractivity contribution in [2.75, 3.05) is 7.11 Å². The first-order valence-corrected chi connectivity index (χ1v) is 11.8. The molecule has 33 heavy (non-hydrogen) atoms. The maximum absolute atomic E-state index is 13.0. The molecule has 1 N–H and O–H groups in total. The van der Waals surface area contributed by atoms with Gasteiger partial charge in [0.2, 0.25) is 0 Å². The van der Waals surface area contributed by atoms with Gasteiger partial charge in [0, 0.05) is 4.88 Å². The molecule has 174 valence electrons. The number of hydrogen-bond donors (Lipinski definition) is 1. The Balaban J connectivity index is 1.44. The number of carbonyl (C=O) groups excluding carboxylic acids is 1. The van der Waals surface area contributed by atoms with E-state index in [1.54, 1.807) is 30.6 Å². The zero-order chi connectivity index (χ0) is 23.5. The second-order valence-corrected chi connectivity index (χ2v) is 9.66. The molecule has 1 amide bonds. The number of aromatic nitrogens is 2. The SMILES string of the molecule is COc1cc(C=NNC(=O)Cn2cnc3sc4c(c3c2=O)CCC(C)C4)ccc1OC(C)C. The Kier molecular flexibility index (Phi) is 6.78. The summed E-state index contributed by atoms with van der Waals surface area (Å²) in [6.45, 7) is 5.96. The molecule has 3 aromatic rings. The second-order valence-electron chi connectivity index (χ2n) is 8.58. The highest BCUT2D eigenvalue weighted by atomic mass is 32.1. The molecular weight excluding hydrogens is 440 g/mol. The van der Waals surface area contributed by atoms with E-state index < -0.39 is 5.91 Å². The summed E-state index contributed by atoms with van der Waals surface area (Å²) in [4.78, 5) is 31.9. The number of rotatable bonds is 7. The molecule has 1 aliphatic rings. The van der Waals surface area contributed by atoms with Crippen molar-refractivity contribution in [2.24, 2.45) is 11.0 Å². The van der Waals surface area contributed by atoms with E-state index in [2.05, 4.69) is 22.4 Å². The number of thiophene rings is 1. The summed E-state index contributed by atoms with van der Waals surface area (Å²) in [6, 6.07) is 5.39. The number of benzene rings is 1. The van der Waals surface area contributed by atoms with Crippen LogP contribution in [0.4, 0.5) is 0 Å². The van der Waals surface area contributed by atoms with Gasteiger partial charge in [-0.1, -0.05) is 6.92 Å². The molecule has 1 atom stereocenters. The van der Waals surface area contributed by atoms with Crippen molar-refractivity contribution in [3.63, 3.8) is 0 Å². The fourth-order valence-electron chi connectivity index (χ4n) is 3.96. The van der Waals surface area contributed by atoms with E-state index in [9.17, 15) is 9.59 Å². The summed E-state index contributed by atoms with van der Waals surface area (Å²) in [5.41, 5.74) is 4.15. The third-order valence-corrected chi connectivity index (χ3v) is 6.71. The average molecular weight is 469 g/mol. The van der Waals surface area contributed by atoms with E-state index in [4.69, 9.17) is 9.47 Å². The zero-order valence-corrected chi connectivity index (χ0v) is 20.1. The average Bonchev–Trinajstić information content (AvgIpc) is 3.14. The molecule has 2 aromatic heterocycles. The third-order valence-electron chi connectivity index (χ3n) is 5.55. The van der Waals surface area contributed by atoms with E-state index in [1.807, 2.05) is 19.9 Å². The Morgan fingerprint density at radius 1 is 1.39 bits per heavy atom. The fourth-order valence-corrected chi connectivity index (χ4v) is 5.30. The Bertz CT molecular complexity index is 1260. The number of hydrazone groups is 1. The minimum absolute atomic E-state index is 0.0259. The van der Waals surface area contributed by atoms with Crippen molar-refractivity contribution >= 4 is 33.7 Å². The van der Waals surface area contributed by atoms with E-state index >= 15 is 0 Å². The maximum Gasteiger partial charge on any atom is 0.262 e. The van der Waals surface area contributed by atoms with Crippen LogP contribution in [0.1, 0.15) is 43.2 Å². The van der Waals surface area contributed by atoms with Crippen molar-refractivity contribution in [3.05, 3.63) is 50.9 Å². The van der Waals surface area contributed by atoms with Crippen LogP contribution in [-0.4, -0.2) is 34.9 Å². The van der Waals surface area contributed by atoms with Crippen LogP contribution in [0, 0.1) is 5.92 Å². The Morgan fingerprint density at radius 3 is 2.97 bits per heavy atom. The van der Waals surface area contributed by atoms with Crippen LogP contribution in [0.25, 0.3) is 10.2 Å². The molecule has 0 bridgehead atoms. The quantitative estimate of drug-likeness (QED) is 0.423. The van der Waals surface area contributed by atoms with Crippen molar-refractivity contribution in [1.82, 2.24) is 15.0 Å². The van der Waals surface area contributed by atoms with E-state index in [0.29, 0.717) is 22.8 Å². The number of aryl methyl sites for hydroxylation is 1. The molecule has 0 saturated heterocycles. The number of nitrogens with one attached hydrogen (secondary N) is 1. The monoisotopic (exact) mass is 468 g/mol. The number of fused-ring (bicyclic) bond motifs is 3. The Hall–Kier alpha value is -3.20. The van der Waals surface area contributed by atoms with Crippen molar-refractivity contribution < 1.29 is 14.3 Å². The molecule has 4 rings (SSSR count). The first-order valence-electron chi connectivity index (χ1n) is 11.0. The summed E-state index contributed by atoms with van der Waals surface area (Å²) in [7, 11) is 1.57. The van der Waals surface area contributed by atoms with E-state index in [-0.39, 0.29) is 18.2 Å². The molecule has 8 nitrogen and oxygen atoms in total. The molecule has 0 fully saturated rings. The second kappa shape index (κ2) is 9.74. The fraction of sp³-hybridized carbons (Fsp3) is 0.417. The van der Waals surface area contributed by atoms with Gasteiger partial charge in [0.15, 0.2) is 11.5 Å². The largest absolute Gasteiger partial charge is 0.493 e. The van der Waals surface area contributed by atoms with Gasteiger partial charge in [0.1, 0.15) is 11.4 Å². The normalized spacial score (nSPS) is 15.7. The first kappa shape index (κ1) is 23.0. The zero-order valence-electron chi connectivity index (χ0n) is 19.3. The standard InChI is InChI=1S/C24H28N4O4S/c1-14(2)32-18-8-6-16(10-19(18)31-4)11-26-27-21(29)12-28-13-25-23-22(24(28)30)17-7-5-15(3)9-20(17)33-23/h6,8,10-11,13-15H,5,7,9,12H2,1-4H3,(H,27,29). The smallest absolute Gasteiger partial charge is 0.262 e. The van der Waals surface area contributed by atoms with Crippen LogP contribution in [-0.2, 0) is 24.2 Å². The summed E-state index contributed by atoms with van der Waals surface area (Å²) in [5, 5.41) is 4.67. The first-order chi connectivity index (χ1) is 15.9. The van der Waals surface area contributed by atoms with E-state index in [1.165, 1.54) is 22.0 Å². The highest BCUT2D eigenvalue weighted by Gasteiger charge is 2.23. The van der Waals surface area contributed by atoms with Crippen LogP contribution in [0.3, 0.4) is 0 Å². The van der Waals surface area contributed by atoms with Crippen LogP contribution in [0.5, 0.6) is 11.5 Å². The van der Waals surface area contributed by atoms with Crippen LogP contribution >= 0.6 is 11.3 Å². The van der Waals surface area contributed by atoms with Gasteiger partial charge in [0.25, 0.3) is 11.5 Å². The highest BCUT2D eigenvalue weighted by molar-refractivity contribution is 7.18. The van der Waals surface area contributed by atoms with Crippen molar-refractivity contribution in [2.45, 2.75) is 52.7 Å². The van der Waals surface area contributed by atoms with Crippen LogP contribution < -0.4 is 20.5 Å². The Morgan fingerprint density at radius 2 is 2.21 bits per heavy atom. The maximum atomic E-state index is 13.0. The number of amides is 1. The number of ether oxygens (including phenoxy) is 2. The lowest BCUT2D eigenvalue weighted by Gasteiger charge is -2.17. The van der Waals surface area contributed by atoms with Gasteiger partial charge >= 0.3 is 0 Å². The molecule has 2 heterocycles. The van der Waals surface area contributed by atoms with Gasteiger partial charge in [0.05, 0.1) is 31.1 Å². The van der Waals surface area contributed by atoms with Crippen molar-refractivity contribution in [1.29, 1.82) is 0 Å². The lowest BCUT2D eigenvalue weighted by Crippen LogP contribution is -2.30. The predicted molar refractivity (Wildman–Crippen MR) is 130 cm³/mol. The summed E-state index contributed by atoms with van der Waals surface area (Å²) < 4.78 is 12.4. The minimum atomic E-state index is -0.404. The molecule has 1 aromatic carbocycles. The molecule has 1 unspecified atom stereocenters. The lowest BCUT2D eigenvalue weighted by molar-refractivity contribution is -0.121. The van der Waals surface area contributed by atoms with Crippen LogP contribution in [0.15, 0.2) is 34.4 Å². The van der Waals surface area contributed by atoms with Gasteiger partial charge in [-0.25, -0.2) is 10.4 Å². The molecule has 0 radical (unpaired) electrons.